The summed E-state index contributed by atoms with van der Waals surface area (Å²) in [5.74, 6) is 0. The van der Waals surface area contributed by atoms with Crippen LogP contribution in [0.1, 0.15) is 22.4 Å². The van der Waals surface area contributed by atoms with Crippen LogP contribution in [0.4, 0.5) is 0 Å². The Balaban J connectivity index is 2.07. The molecule has 2 heterocycles. The van der Waals surface area contributed by atoms with E-state index in [2.05, 4.69) is 42.4 Å². The molecule has 2 aromatic heterocycles. The van der Waals surface area contributed by atoms with Gasteiger partial charge in [0.25, 0.3) is 0 Å². The van der Waals surface area contributed by atoms with Gasteiger partial charge in [0.1, 0.15) is 5.01 Å². The van der Waals surface area contributed by atoms with Crippen molar-refractivity contribution in [1.82, 2.24) is 15.5 Å². The molecule has 5 heteroatoms. The first-order chi connectivity index (χ1) is 8.20. The van der Waals surface area contributed by atoms with E-state index >= 15 is 0 Å². The van der Waals surface area contributed by atoms with Gasteiger partial charge in [-0.2, -0.15) is 0 Å². The number of hydrogen-bond acceptors (Lipinski definition) is 5. The van der Waals surface area contributed by atoms with Gasteiger partial charge in [0.05, 0.1) is 4.88 Å². The van der Waals surface area contributed by atoms with Gasteiger partial charge in [-0.1, -0.05) is 18.3 Å². The standard InChI is InChI=1S/C12H17N3S2/c1-4-13-6-5-11-14-15-12(17-11)10-7-8(2)9(3)16-10/h7,13H,4-6H2,1-3H3. The monoisotopic (exact) mass is 267 g/mol. The van der Waals surface area contributed by atoms with Crippen LogP contribution in [0.25, 0.3) is 9.88 Å². The predicted octanol–water partition coefficient (Wildman–Crippen LogP) is 3.04. The van der Waals surface area contributed by atoms with Crippen LogP contribution in [0.2, 0.25) is 0 Å². The number of aryl methyl sites for hydroxylation is 2. The molecule has 0 fully saturated rings. The second-order valence-electron chi connectivity index (χ2n) is 3.95. The van der Waals surface area contributed by atoms with Crippen LogP contribution < -0.4 is 5.32 Å². The van der Waals surface area contributed by atoms with E-state index in [1.165, 1.54) is 15.3 Å². The summed E-state index contributed by atoms with van der Waals surface area (Å²) in [5, 5.41) is 14.0. The molecule has 17 heavy (non-hydrogen) atoms. The minimum Gasteiger partial charge on any atom is -0.317 e. The molecule has 0 bridgehead atoms. The molecule has 0 saturated carbocycles. The van der Waals surface area contributed by atoms with E-state index in [-0.39, 0.29) is 0 Å². The fourth-order valence-corrected chi connectivity index (χ4v) is 3.42. The molecule has 0 aliphatic heterocycles. The van der Waals surface area contributed by atoms with Gasteiger partial charge in [-0.05, 0) is 32.0 Å². The highest BCUT2D eigenvalue weighted by Gasteiger charge is 2.10. The molecular weight excluding hydrogens is 250 g/mol. The third-order valence-corrected chi connectivity index (χ3v) is 4.91. The maximum absolute atomic E-state index is 4.27. The smallest absolute Gasteiger partial charge is 0.157 e. The second kappa shape index (κ2) is 5.71. The van der Waals surface area contributed by atoms with Crippen molar-refractivity contribution in [2.45, 2.75) is 27.2 Å². The molecule has 2 aromatic rings. The van der Waals surface area contributed by atoms with Gasteiger partial charge >= 0.3 is 0 Å². The number of nitrogens with zero attached hydrogens (tertiary/aromatic N) is 2. The fourth-order valence-electron chi connectivity index (χ4n) is 1.50. The highest BCUT2D eigenvalue weighted by atomic mass is 32.1. The molecule has 0 saturated heterocycles. The Kier molecular flexibility index (Phi) is 4.25. The van der Waals surface area contributed by atoms with Crippen LogP contribution >= 0.6 is 22.7 Å². The van der Waals surface area contributed by atoms with Gasteiger partial charge in [-0.15, -0.1) is 21.5 Å². The molecule has 0 radical (unpaired) electrons. The van der Waals surface area contributed by atoms with Crippen LogP contribution in [-0.4, -0.2) is 23.3 Å². The van der Waals surface area contributed by atoms with Crippen molar-refractivity contribution in [3.05, 3.63) is 21.5 Å². The first-order valence-corrected chi connectivity index (χ1v) is 7.44. The lowest BCUT2D eigenvalue weighted by atomic mass is 10.3. The highest BCUT2D eigenvalue weighted by molar-refractivity contribution is 7.21. The van der Waals surface area contributed by atoms with Crippen molar-refractivity contribution < 1.29 is 0 Å². The van der Waals surface area contributed by atoms with Crippen LogP contribution in [0.15, 0.2) is 6.07 Å². The maximum atomic E-state index is 4.27. The molecule has 92 valence electrons. The first kappa shape index (κ1) is 12.7. The third-order valence-electron chi connectivity index (χ3n) is 2.61. The Morgan fingerprint density at radius 2 is 2.06 bits per heavy atom. The van der Waals surface area contributed by atoms with E-state index in [9.17, 15) is 0 Å². The second-order valence-corrected chi connectivity index (χ2v) is 6.27. The van der Waals surface area contributed by atoms with E-state index in [0.717, 1.165) is 29.5 Å². The van der Waals surface area contributed by atoms with Crippen LogP contribution in [-0.2, 0) is 6.42 Å². The largest absolute Gasteiger partial charge is 0.317 e. The molecule has 0 unspecified atom stereocenters. The Labute approximate surface area is 110 Å². The number of likely N-dealkylation sites (N-methyl/N-ethyl adjacent to an activating group) is 1. The highest BCUT2D eigenvalue weighted by Crippen LogP contribution is 2.32. The van der Waals surface area contributed by atoms with Crippen molar-refractivity contribution in [1.29, 1.82) is 0 Å². The van der Waals surface area contributed by atoms with E-state index in [4.69, 9.17) is 0 Å². The molecule has 0 atom stereocenters. The van der Waals surface area contributed by atoms with Crippen molar-refractivity contribution in [2.75, 3.05) is 13.1 Å². The summed E-state index contributed by atoms with van der Waals surface area (Å²) in [4.78, 5) is 2.61. The normalized spacial score (nSPS) is 11.0. The average Bonchev–Trinajstić information content (AvgIpc) is 2.88. The summed E-state index contributed by atoms with van der Waals surface area (Å²) in [6.07, 6.45) is 0.967. The topological polar surface area (TPSA) is 37.8 Å². The molecule has 0 aliphatic carbocycles. The van der Waals surface area contributed by atoms with Gasteiger partial charge in [-0.25, -0.2) is 0 Å². The number of aromatic nitrogens is 2. The van der Waals surface area contributed by atoms with E-state index in [0.29, 0.717) is 0 Å². The molecule has 0 amide bonds. The molecule has 0 aliphatic rings. The van der Waals surface area contributed by atoms with Crippen molar-refractivity contribution >= 4 is 22.7 Å². The van der Waals surface area contributed by atoms with E-state index < -0.39 is 0 Å². The van der Waals surface area contributed by atoms with Crippen LogP contribution in [0.5, 0.6) is 0 Å². The van der Waals surface area contributed by atoms with Crippen LogP contribution in [0.3, 0.4) is 0 Å². The SMILES string of the molecule is CCNCCc1nnc(-c2cc(C)c(C)s2)s1. The van der Waals surface area contributed by atoms with E-state index in [1.807, 2.05) is 0 Å². The number of rotatable bonds is 5. The van der Waals surface area contributed by atoms with Crippen molar-refractivity contribution in [3.8, 4) is 9.88 Å². The Morgan fingerprint density at radius 1 is 1.24 bits per heavy atom. The van der Waals surface area contributed by atoms with Crippen molar-refractivity contribution in [2.24, 2.45) is 0 Å². The van der Waals surface area contributed by atoms with Gasteiger partial charge < -0.3 is 5.32 Å². The summed E-state index contributed by atoms with van der Waals surface area (Å²) < 4.78 is 0. The Morgan fingerprint density at radius 3 is 2.71 bits per heavy atom. The van der Waals surface area contributed by atoms with E-state index in [1.54, 1.807) is 22.7 Å². The maximum Gasteiger partial charge on any atom is 0.157 e. The molecule has 1 N–H and O–H groups in total. The summed E-state index contributed by atoms with van der Waals surface area (Å²) in [6.45, 7) is 8.39. The van der Waals surface area contributed by atoms with Gasteiger partial charge in [-0.3, -0.25) is 0 Å². The summed E-state index contributed by atoms with van der Waals surface area (Å²) >= 11 is 3.51. The third kappa shape index (κ3) is 3.12. The van der Waals surface area contributed by atoms with Crippen LogP contribution in [0, 0.1) is 13.8 Å². The lowest BCUT2D eigenvalue weighted by molar-refractivity contribution is 0.710. The lowest BCUT2D eigenvalue weighted by Gasteiger charge is -1.95. The fraction of sp³-hybridized carbons (Fsp3) is 0.500. The minimum atomic E-state index is 0.967. The first-order valence-electron chi connectivity index (χ1n) is 5.81. The predicted molar refractivity (Wildman–Crippen MR) is 74.9 cm³/mol. The summed E-state index contributed by atoms with van der Waals surface area (Å²) in [5.41, 5.74) is 1.34. The van der Waals surface area contributed by atoms with Gasteiger partial charge in [0, 0.05) is 17.8 Å². The lowest BCUT2D eigenvalue weighted by Crippen LogP contribution is -2.15. The number of hydrogen-bond donors (Lipinski definition) is 1. The summed E-state index contributed by atoms with van der Waals surface area (Å²) in [7, 11) is 0. The summed E-state index contributed by atoms with van der Waals surface area (Å²) in [6, 6.07) is 2.20. The quantitative estimate of drug-likeness (QED) is 0.846. The molecule has 0 aromatic carbocycles. The molecular formula is C12H17N3S2. The number of nitrogens with one attached hydrogen (secondary N) is 1. The average molecular weight is 267 g/mol. The minimum absolute atomic E-state index is 0.967. The van der Waals surface area contributed by atoms with Gasteiger partial charge in [0.2, 0.25) is 0 Å². The zero-order valence-corrected chi connectivity index (χ0v) is 12.0. The molecule has 3 nitrogen and oxygen atoms in total. The number of thiophene rings is 1. The molecule has 0 spiro atoms. The zero-order chi connectivity index (χ0) is 12.3. The van der Waals surface area contributed by atoms with Gasteiger partial charge in [0.15, 0.2) is 5.01 Å². The van der Waals surface area contributed by atoms with Crippen molar-refractivity contribution in [3.63, 3.8) is 0 Å². The molecule has 2 rings (SSSR count). The zero-order valence-electron chi connectivity index (χ0n) is 10.4. The Hall–Kier alpha value is -0.780. The Bertz CT molecular complexity index is 468.